The van der Waals surface area contributed by atoms with E-state index in [0.29, 0.717) is 21.4 Å². The molecular formula is C19H16Cl2N2O3S. The molecule has 3 N–H and O–H groups in total. The Morgan fingerprint density at radius 3 is 2.63 bits per heavy atom. The summed E-state index contributed by atoms with van der Waals surface area (Å²) in [4.78, 5) is 12.8. The zero-order valence-electron chi connectivity index (χ0n) is 14.3. The minimum atomic E-state index is -0.788. The third kappa shape index (κ3) is 4.03. The number of carbonyl (C=O) groups excluding carboxylic acids is 1. The van der Waals surface area contributed by atoms with Crippen molar-refractivity contribution in [2.24, 2.45) is 0 Å². The van der Waals surface area contributed by atoms with Crippen LogP contribution in [0.1, 0.15) is 24.1 Å². The Hall–Kier alpha value is -2.28. The highest BCUT2D eigenvalue weighted by atomic mass is 35.5. The minimum absolute atomic E-state index is 0.0771. The lowest BCUT2D eigenvalue weighted by Gasteiger charge is -2.31. The van der Waals surface area contributed by atoms with Crippen LogP contribution in [0.5, 0.6) is 5.75 Å². The highest BCUT2D eigenvalue weighted by Crippen LogP contribution is 2.40. The summed E-state index contributed by atoms with van der Waals surface area (Å²) in [5.74, 6) is -0.725. The van der Waals surface area contributed by atoms with E-state index in [1.807, 2.05) is 30.3 Å². The van der Waals surface area contributed by atoms with Gasteiger partial charge in [0.2, 0.25) is 0 Å². The molecule has 0 spiro atoms. The third-order valence-electron chi connectivity index (χ3n) is 4.00. The largest absolute Gasteiger partial charge is 0.506 e. The lowest BCUT2D eigenvalue weighted by Crippen LogP contribution is -2.45. The number of aromatic hydroxyl groups is 1. The number of benzene rings is 2. The molecule has 0 saturated heterocycles. The van der Waals surface area contributed by atoms with Gasteiger partial charge in [-0.15, -0.1) is 0 Å². The van der Waals surface area contributed by atoms with E-state index in [-0.39, 0.29) is 23.0 Å². The quantitative estimate of drug-likeness (QED) is 0.506. The van der Waals surface area contributed by atoms with Gasteiger partial charge in [-0.2, -0.15) is 0 Å². The number of carbonyl (C=O) groups is 1. The number of ether oxygens (including phenoxy) is 1. The number of nitrogens with one attached hydrogen (secondary N) is 2. The van der Waals surface area contributed by atoms with E-state index in [9.17, 15) is 9.90 Å². The van der Waals surface area contributed by atoms with Crippen molar-refractivity contribution < 1.29 is 14.6 Å². The van der Waals surface area contributed by atoms with Gasteiger partial charge in [0.25, 0.3) is 0 Å². The third-order valence-corrected chi connectivity index (χ3v) is 4.72. The first kappa shape index (κ1) is 19.5. The molecule has 3 rings (SSSR count). The molecular weight excluding hydrogens is 407 g/mol. The lowest BCUT2D eigenvalue weighted by atomic mass is 9.92. The molecule has 2 aromatic carbocycles. The Morgan fingerprint density at radius 1 is 1.26 bits per heavy atom. The summed E-state index contributed by atoms with van der Waals surface area (Å²) in [5, 5.41) is 17.2. The Morgan fingerprint density at radius 2 is 1.96 bits per heavy atom. The fourth-order valence-corrected chi connectivity index (χ4v) is 3.59. The minimum Gasteiger partial charge on any atom is -0.506 e. The van der Waals surface area contributed by atoms with Crippen LogP contribution in [0.25, 0.3) is 5.70 Å². The van der Waals surface area contributed by atoms with Gasteiger partial charge >= 0.3 is 5.97 Å². The van der Waals surface area contributed by atoms with Gasteiger partial charge in [0.05, 0.1) is 28.9 Å². The number of thiocarbonyl (C=S) groups is 1. The summed E-state index contributed by atoms with van der Waals surface area (Å²) < 4.78 is 5.25. The van der Waals surface area contributed by atoms with E-state index in [1.165, 1.54) is 12.1 Å². The van der Waals surface area contributed by atoms with E-state index in [0.717, 1.165) is 5.56 Å². The van der Waals surface area contributed by atoms with E-state index in [2.05, 4.69) is 10.6 Å². The molecule has 0 unspecified atom stereocenters. The summed E-state index contributed by atoms with van der Waals surface area (Å²) in [7, 11) is 0. The summed E-state index contributed by atoms with van der Waals surface area (Å²) in [6, 6.07) is 11.4. The van der Waals surface area contributed by atoms with Crippen LogP contribution in [0.4, 0.5) is 0 Å². The maximum absolute atomic E-state index is 12.8. The first-order valence-electron chi connectivity index (χ1n) is 8.14. The molecule has 1 heterocycles. The highest BCUT2D eigenvalue weighted by Gasteiger charge is 2.35. The van der Waals surface area contributed by atoms with Crippen molar-refractivity contribution >= 4 is 52.2 Å². The molecule has 0 aliphatic carbocycles. The van der Waals surface area contributed by atoms with Gasteiger partial charge < -0.3 is 20.5 Å². The van der Waals surface area contributed by atoms with E-state index in [1.54, 1.807) is 6.92 Å². The lowest BCUT2D eigenvalue weighted by molar-refractivity contribution is -0.138. The molecule has 1 aliphatic rings. The van der Waals surface area contributed by atoms with Gasteiger partial charge in [-0.05, 0) is 36.8 Å². The van der Waals surface area contributed by atoms with Gasteiger partial charge in [-0.3, -0.25) is 0 Å². The van der Waals surface area contributed by atoms with Crippen LogP contribution < -0.4 is 10.6 Å². The van der Waals surface area contributed by atoms with E-state index >= 15 is 0 Å². The van der Waals surface area contributed by atoms with Crippen molar-refractivity contribution in [2.75, 3.05) is 6.61 Å². The Kier molecular flexibility index (Phi) is 5.89. The van der Waals surface area contributed by atoms with Crippen LogP contribution in [0.15, 0.2) is 48.0 Å². The van der Waals surface area contributed by atoms with Crippen LogP contribution in [-0.4, -0.2) is 22.8 Å². The molecule has 0 saturated carbocycles. The van der Waals surface area contributed by atoms with E-state index in [4.69, 9.17) is 40.2 Å². The van der Waals surface area contributed by atoms with Crippen LogP contribution in [0.2, 0.25) is 10.0 Å². The van der Waals surface area contributed by atoms with Crippen LogP contribution >= 0.6 is 35.4 Å². The number of phenols is 1. The Bertz CT molecular complexity index is 932. The Balaban J connectivity index is 2.25. The predicted molar refractivity (Wildman–Crippen MR) is 110 cm³/mol. The van der Waals surface area contributed by atoms with Crippen molar-refractivity contribution in [2.45, 2.75) is 13.0 Å². The monoisotopic (exact) mass is 422 g/mol. The summed E-state index contributed by atoms with van der Waals surface area (Å²) in [6.07, 6.45) is 0. The highest BCUT2D eigenvalue weighted by molar-refractivity contribution is 7.80. The van der Waals surface area contributed by atoms with Crippen LogP contribution in [0.3, 0.4) is 0 Å². The second kappa shape index (κ2) is 8.17. The molecule has 27 heavy (non-hydrogen) atoms. The average molecular weight is 423 g/mol. The fourth-order valence-electron chi connectivity index (χ4n) is 2.86. The van der Waals surface area contributed by atoms with Crippen LogP contribution in [0, 0.1) is 0 Å². The molecule has 1 atom stereocenters. The van der Waals surface area contributed by atoms with Gasteiger partial charge in [-0.25, -0.2) is 4.79 Å². The number of halogens is 2. The molecule has 0 radical (unpaired) electrons. The molecule has 0 bridgehead atoms. The Labute approximate surface area is 171 Å². The van der Waals surface area contributed by atoms with Gasteiger partial charge in [0, 0.05) is 10.6 Å². The maximum Gasteiger partial charge on any atom is 0.338 e. The zero-order chi connectivity index (χ0) is 19.6. The van der Waals surface area contributed by atoms with Gasteiger partial charge in [-0.1, -0.05) is 53.5 Å². The first-order valence-corrected chi connectivity index (χ1v) is 9.31. The standard InChI is InChI=1S/C19H16Cl2N2O3S/c1-2-26-18(25)14-15(10-6-4-3-5-7-10)22-19(27)23-16(14)12-8-11(20)9-13(21)17(12)24/h3-9,16,24H,2H2,1H3,(H2,22,23,27)/t16-/m0/s1. The van der Waals surface area contributed by atoms with Crippen molar-refractivity contribution in [1.29, 1.82) is 0 Å². The van der Waals surface area contributed by atoms with Crippen molar-refractivity contribution in [3.8, 4) is 5.75 Å². The van der Waals surface area contributed by atoms with Crippen LogP contribution in [-0.2, 0) is 9.53 Å². The van der Waals surface area contributed by atoms with Crippen molar-refractivity contribution in [3.05, 3.63) is 69.2 Å². The number of hydrogen-bond acceptors (Lipinski definition) is 4. The topological polar surface area (TPSA) is 70.6 Å². The number of rotatable bonds is 4. The van der Waals surface area contributed by atoms with Gasteiger partial charge in [0.1, 0.15) is 5.75 Å². The van der Waals surface area contributed by atoms with Gasteiger partial charge in [0.15, 0.2) is 5.11 Å². The van der Waals surface area contributed by atoms with Crippen molar-refractivity contribution in [3.63, 3.8) is 0 Å². The zero-order valence-corrected chi connectivity index (χ0v) is 16.6. The number of phenolic OH excluding ortho intramolecular Hbond substituents is 1. The predicted octanol–water partition coefficient (Wildman–Crippen LogP) is 4.19. The maximum atomic E-state index is 12.8. The summed E-state index contributed by atoms with van der Waals surface area (Å²) in [6.45, 7) is 1.92. The summed E-state index contributed by atoms with van der Waals surface area (Å²) >= 11 is 17.5. The summed E-state index contributed by atoms with van der Waals surface area (Å²) in [5.41, 5.74) is 1.85. The van der Waals surface area contributed by atoms with Crippen molar-refractivity contribution in [1.82, 2.24) is 10.6 Å². The smallest absolute Gasteiger partial charge is 0.338 e. The SMILES string of the molecule is CCOC(=O)C1=C(c2ccccc2)NC(=S)N[C@H]1c1cc(Cl)cc(Cl)c1O. The second-order valence-electron chi connectivity index (χ2n) is 5.73. The molecule has 140 valence electrons. The first-order chi connectivity index (χ1) is 12.9. The van der Waals surface area contributed by atoms with E-state index < -0.39 is 12.0 Å². The molecule has 2 aromatic rings. The molecule has 0 fully saturated rings. The number of hydrogen-bond donors (Lipinski definition) is 3. The molecule has 0 aromatic heterocycles. The fraction of sp³-hybridized carbons (Fsp3) is 0.158. The second-order valence-corrected chi connectivity index (χ2v) is 6.98. The molecule has 0 amide bonds. The average Bonchev–Trinajstić information content (AvgIpc) is 2.64. The molecule has 5 nitrogen and oxygen atoms in total. The molecule has 8 heteroatoms. The normalized spacial score (nSPS) is 16.6. The number of esters is 1. The molecule has 1 aliphatic heterocycles.